The molecule has 0 saturated heterocycles. The van der Waals surface area contributed by atoms with Crippen molar-refractivity contribution in [3.8, 4) is 5.75 Å². The summed E-state index contributed by atoms with van der Waals surface area (Å²) in [7, 11) is 0. The van der Waals surface area contributed by atoms with E-state index in [9.17, 15) is 9.59 Å². The predicted molar refractivity (Wildman–Crippen MR) is 109 cm³/mol. The van der Waals surface area contributed by atoms with Gasteiger partial charge in [-0.3, -0.25) is 14.9 Å². The minimum Gasteiger partial charge on any atom is -0.490 e. The van der Waals surface area contributed by atoms with Crippen LogP contribution < -0.4 is 21.1 Å². The van der Waals surface area contributed by atoms with E-state index in [0.29, 0.717) is 22.6 Å². The number of hydrogen-bond acceptors (Lipinski definition) is 4. The Morgan fingerprint density at radius 1 is 1.19 bits per heavy atom. The van der Waals surface area contributed by atoms with E-state index in [0.717, 1.165) is 4.47 Å². The average molecular weight is 436 g/mol. The third-order valence-corrected chi connectivity index (χ3v) is 3.88. The summed E-state index contributed by atoms with van der Waals surface area (Å²) in [5.74, 6) is -0.502. The minimum atomic E-state index is -0.548. The largest absolute Gasteiger partial charge is 0.490 e. The molecule has 2 aromatic rings. The first-order valence-electron chi connectivity index (χ1n) is 7.74. The zero-order valence-electron chi connectivity index (χ0n) is 14.2. The zero-order valence-corrected chi connectivity index (χ0v) is 16.6. The van der Waals surface area contributed by atoms with Crippen molar-refractivity contribution in [2.75, 3.05) is 5.32 Å². The highest BCUT2D eigenvalue weighted by Gasteiger charge is 2.16. The molecule has 0 bridgehead atoms. The van der Waals surface area contributed by atoms with Gasteiger partial charge in [-0.1, -0.05) is 22.0 Å². The monoisotopic (exact) mass is 435 g/mol. The molecule has 0 aromatic heterocycles. The smallest absolute Gasteiger partial charge is 0.261 e. The van der Waals surface area contributed by atoms with Crippen LogP contribution in [0.4, 0.5) is 5.69 Å². The Bertz CT molecular complexity index is 855. The molecule has 26 heavy (non-hydrogen) atoms. The van der Waals surface area contributed by atoms with Crippen LogP contribution in [0.2, 0.25) is 0 Å². The molecule has 0 spiro atoms. The lowest BCUT2D eigenvalue weighted by Crippen LogP contribution is -2.34. The highest BCUT2D eigenvalue weighted by molar-refractivity contribution is 9.10. The number of benzene rings is 2. The molecule has 6 nitrogen and oxygen atoms in total. The van der Waals surface area contributed by atoms with Gasteiger partial charge in [-0.25, -0.2) is 0 Å². The maximum atomic E-state index is 12.6. The van der Waals surface area contributed by atoms with Crippen LogP contribution >= 0.6 is 28.1 Å². The van der Waals surface area contributed by atoms with Crippen molar-refractivity contribution in [3.05, 3.63) is 58.1 Å². The topological polar surface area (TPSA) is 93.4 Å². The van der Waals surface area contributed by atoms with Crippen LogP contribution in [0, 0.1) is 0 Å². The van der Waals surface area contributed by atoms with Gasteiger partial charge < -0.3 is 15.8 Å². The molecule has 0 radical (unpaired) electrons. The molecule has 0 heterocycles. The lowest BCUT2D eigenvalue weighted by Gasteiger charge is -2.15. The average Bonchev–Trinajstić information content (AvgIpc) is 2.56. The molecule has 4 N–H and O–H groups in total. The highest BCUT2D eigenvalue weighted by Crippen LogP contribution is 2.24. The van der Waals surface area contributed by atoms with Gasteiger partial charge in [0.1, 0.15) is 5.75 Å². The van der Waals surface area contributed by atoms with E-state index in [1.54, 1.807) is 42.5 Å². The Balaban J connectivity index is 2.12. The van der Waals surface area contributed by atoms with Crippen molar-refractivity contribution in [2.24, 2.45) is 5.73 Å². The van der Waals surface area contributed by atoms with Crippen molar-refractivity contribution in [3.63, 3.8) is 0 Å². The van der Waals surface area contributed by atoms with Crippen LogP contribution in [0.3, 0.4) is 0 Å². The number of halogens is 1. The number of thiocarbonyl (C=S) groups is 1. The Hall–Kier alpha value is -2.45. The van der Waals surface area contributed by atoms with Gasteiger partial charge in [0, 0.05) is 15.7 Å². The number of carbonyl (C=O) groups is 2. The summed E-state index contributed by atoms with van der Waals surface area (Å²) in [4.78, 5) is 23.8. The van der Waals surface area contributed by atoms with Crippen LogP contribution in [-0.4, -0.2) is 23.0 Å². The Labute approximate surface area is 165 Å². The van der Waals surface area contributed by atoms with Crippen molar-refractivity contribution in [1.29, 1.82) is 0 Å². The summed E-state index contributed by atoms with van der Waals surface area (Å²) in [6, 6.07) is 11.7. The first-order chi connectivity index (χ1) is 12.3. The van der Waals surface area contributed by atoms with Gasteiger partial charge in [-0.15, -0.1) is 0 Å². The Kier molecular flexibility index (Phi) is 6.70. The molecule has 0 aliphatic carbocycles. The fraction of sp³-hybridized carbons (Fsp3) is 0.167. The molecule has 2 rings (SSSR count). The maximum absolute atomic E-state index is 12.6. The molecule has 0 saturated carbocycles. The SMILES string of the molecule is CC(C)Oc1ccc(Br)cc1C(=O)NC(=S)Nc1cccc(C(N)=O)c1. The summed E-state index contributed by atoms with van der Waals surface area (Å²) in [6.07, 6.45) is -0.0793. The molecule has 8 heteroatoms. The second-order valence-corrected chi connectivity index (χ2v) is 6.98. The van der Waals surface area contributed by atoms with E-state index < -0.39 is 11.8 Å². The molecule has 136 valence electrons. The van der Waals surface area contributed by atoms with Crippen molar-refractivity contribution >= 4 is 50.8 Å². The standard InChI is InChI=1S/C18H18BrN3O3S/c1-10(2)25-15-7-6-12(19)9-14(15)17(24)22-18(26)21-13-5-3-4-11(8-13)16(20)23/h3-10H,1-2H3,(H2,20,23)(H2,21,22,24,26). The maximum Gasteiger partial charge on any atom is 0.261 e. The van der Waals surface area contributed by atoms with Gasteiger partial charge in [0.15, 0.2) is 5.11 Å². The zero-order chi connectivity index (χ0) is 19.3. The molecule has 0 aliphatic heterocycles. The summed E-state index contributed by atoms with van der Waals surface area (Å²) >= 11 is 8.52. The first-order valence-corrected chi connectivity index (χ1v) is 8.95. The van der Waals surface area contributed by atoms with E-state index >= 15 is 0 Å². The fourth-order valence-electron chi connectivity index (χ4n) is 2.12. The molecule has 2 amide bonds. The molecule has 2 aromatic carbocycles. The second kappa shape index (κ2) is 8.77. The van der Waals surface area contributed by atoms with Crippen LogP contribution in [-0.2, 0) is 0 Å². The minimum absolute atomic E-state index is 0.0793. The van der Waals surface area contributed by atoms with Gasteiger partial charge >= 0.3 is 0 Å². The van der Waals surface area contributed by atoms with Gasteiger partial charge in [0.05, 0.1) is 11.7 Å². The van der Waals surface area contributed by atoms with Crippen molar-refractivity contribution < 1.29 is 14.3 Å². The molecular weight excluding hydrogens is 418 g/mol. The molecule has 0 unspecified atom stereocenters. The number of ether oxygens (including phenoxy) is 1. The first kappa shape index (κ1) is 19.9. The Morgan fingerprint density at radius 2 is 1.92 bits per heavy atom. The molecule has 0 aliphatic rings. The number of anilines is 1. The summed E-state index contributed by atoms with van der Waals surface area (Å²) in [6.45, 7) is 3.75. The third-order valence-electron chi connectivity index (χ3n) is 3.18. The van der Waals surface area contributed by atoms with E-state index in [2.05, 4.69) is 26.6 Å². The number of amides is 2. The van der Waals surface area contributed by atoms with Gasteiger partial charge in [-0.05, 0) is 62.5 Å². The van der Waals surface area contributed by atoms with Crippen LogP contribution in [0.15, 0.2) is 46.9 Å². The number of primary amides is 1. The molecular formula is C18H18BrN3O3S. The summed E-state index contributed by atoms with van der Waals surface area (Å²) in [5.41, 5.74) is 6.48. The Morgan fingerprint density at radius 3 is 2.58 bits per heavy atom. The van der Waals surface area contributed by atoms with Crippen molar-refractivity contribution in [2.45, 2.75) is 20.0 Å². The normalized spacial score (nSPS) is 10.3. The second-order valence-electron chi connectivity index (χ2n) is 5.66. The highest BCUT2D eigenvalue weighted by atomic mass is 79.9. The summed E-state index contributed by atoms with van der Waals surface area (Å²) < 4.78 is 6.41. The summed E-state index contributed by atoms with van der Waals surface area (Å²) in [5, 5.41) is 5.54. The third kappa shape index (κ3) is 5.53. The molecule has 0 atom stereocenters. The number of nitrogens with one attached hydrogen (secondary N) is 2. The van der Waals surface area contributed by atoms with Gasteiger partial charge in [-0.2, -0.15) is 0 Å². The fourth-order valence-corrected chi connectivity index (χ4v) is 2.69. The van der Waals surface area contributed by atoms with E-state index in [4.69, 9.17) is 22.7 Å². The predicted octanol–water partition coefficient (Wildman–Crippen LogP) is 3.46. The lowest BCUT2D eigenvalue weighted by molar-refractivity contribution is 0.0969. The van der Waals surface area contributed by atoms with Crippen LogP contribution in [0.1, 0.15) is 34.6 Å². The van der Waals surface area contributed by atoms with E-state index in [1.807, 2.05) is 13.8 Å². The van der Waals surface area contributed by atoms with Crippen LogP contribution in [0.25, 0.3) is 0 Å². The number of nitrogens with two attached hydrogens (primary N) is 1. The lowest BCUT2D eigenvalue weighted by atomic mass is 10.2. The quantitative estimate of drug-likeness (QED) is 0.625. The van der Waals surface area contributed by atoms with Gasteiger partial charge in [0.2, 0.25) is 5.91 Å². The number of hydrogen-bond donors (Lipinski definition) is 3. The van der Waals surface area contributed by atoms with Gasteiger partial charge in [0.25, 0.3) is 5.91 Å². The number of carbonyl (C=O) groups excluding carboxylic acids is 2. The van der Waals surface area contributed by atoms with Crippen LogP contribution in [0.5, 0.6) is 5.75 Å². The molecule has 0 fully saturated rings. The number of rotatable bonds is 5. The van der Waals surface area contributed by atoms with E-state index in [-0.39, 0.29) is 11.2 Å². The van der Waals surface area contributed by atoms with E-state index in [1.165, 1.54) is 0 Å². The van der Waals surface area contributed by atoms with Crippen molar-refractivity contribution in [1.82, 2.24) is 5.32 Å².